The van der Waals surface area contributed by atoms with Crippen molar-refractivity contribution < 1.29 is 14.3 Å². The van der Waals surface area contributed by atoms with Gasteiger partial charge in [-0.3, -0.25) is 9.59 Å². The van der Waals surface area contributed by atoms with E-state index in [2.05, 4.69) is 10.6 Å². The van der Waals surface area contributed by atoms with Crippen molar-refractivity contribution in [3.05, 3.63) is 23.8 Å². The summed E-state index contributed by atoms with van der Waals surface area (Å²) in [5.41, 5.74) is 1.27. The third-order valence-corrected chi connectivity index (χ3v) is 5.22. The fourth-order valence-corrected chi connectivity index (χ4v) is 3.61. The minimum Gasteiger partial charge on any atom is -0.495 e. The number of amides is 2. The van der Waals surface area contributed by atoms with Gasteiger partial charge in [-0.1, -0.05) is 0 Å². The molecule has 6 nitrogen and oxygen atoms in total. The van der Waals surface area contributed by atoms with Crippen LogP contribution in [0, 0.1) is 11.3 Å². The van der Waals surface area contributed by atoms with Crippen LogP contribution in [-0.2, 0) is 4.79 Å². The van der Waals surface area contributed by atoms with Crippen molar-refractivity contribution in [1.29, 1.82) is 0 Å². The Hall–Kier alpha value is -1.79. The van der Waals surface area contributed by atoms with E-state index in [1.165, 1.54) is 4.90 Å². The second kappa shape index (κ2) is 7.62. The lowest BCUT2D eigenvalue weighted by Gasteiger charge is -2.23. The largest absolute Gasteiger partial charge is 0.495 e. The molecule has 25 heavy (non-hydrogen) atoms. The number of carbonyl (C=O) groups is 2. The first-order chi connectivity index (χ1) is 11.5. The molecular weight excluding hydrogens is 342 g/mol. The Labute approximate surface area is 154 Å². The van der Waals surface area contributed by atoms with Gasteiger partial charge in [0.05, 0.1) is 12.8 Å². The summed E-state index contributed by atoms with van der Waals surface area (Å²) in [7, 11) is 4.97. The number of hydrogen-bond acceptors (Lipinski definition) is 4. The number of hydrogen-bond donors (Lipinski definition) is 2. The molecule has 1 aromatic rings. The Morgan fingerprint density at radius 3 is 2.56 bits per heavy atom. The molecule has 1 aromatic carbocycles. The Morgan fingerprint density at radius 2 is 1.96 bits per heavy atom. The highest BCUT2D eigenvalue weighted by Gasteiger charge is 2.57. The first-order valence-corrected chi connectivity index (χ1v) is 8.38. The maximum absolute atomic E-state index is 12.6. The number of nitrogens with zero attached hydrogens (tertiary/aromatic N) is 1. The minimum absolute atomic E-state index is 0. The van der Waals surface area contributed by atoms with Gasteiger partial charge in [0.1, 0.15) is 5.75 Å². The van der Waals surface area contributed by atoms with Crippen LogP contribution in [0.2, 0.25) is 0 Å². The van der Waals surface area contributed by atoms with Gasteiger partial charge in [-0.05, 0) is 56.0 Å². The van der Waals surface area contributed by atoms with E-state index in [1.54, 1.807) is 39.4 Å². The molecule has 1 aliphatic carbocycles. The summed E-state index contributed by atoms with van der Waals surface area (Å²) >= 11 is 0. The predicted molar refractivity (Wildman–Crippen MR) is 99.5 cm³/mol. The first kappa shape index (κ1) is 19.5. The Morgan fingerprint density at radius 1 is 1.28 bits per heavy atom. The van der Waals surface area contributed by atoms with E-state index in [1.807, 2.05) is 0 Å². The lowest BCUT2D eigenvalue weighted by atomic mass is 9.92. The Balaban J connectivity index is 0.00000225. The van der Waals surface area contributed by atoms with Gasteiger partial charge in [-0.15, -0.1) is 12.4 Å². The molecule has 3 rings (SSSR count). The summed E-state index contributed by atoms with van der Waals surface area (Å²) in [6.45, 7) is 1.97. The molecule has 2 fully saturated rings. The summed E-state index contributed by atoms with van der Waals surface area (Å²) in [5, 5.41) is 6.32. The molecule has 1 unspecified atom stereocenters. The highest BCUT2D eigenvalue weighted by atomic mass is 35.5. The molecular formula is C18H26ClN3O3. The smallest absolute Gasteiger partial charge is 0.253 e. The molecule has 2 amide bonds. The molecule has 1 heterocycles. The summed E-state index contributed by atoms with van der Waals surface area (Å²) in [6, 6.07) is 5.12. The average Bonchev–Trinajstić information content (AvgIpc) is 3.27. The van der Waals surface area contributed by atoms with Crippen LogP contribution in [0.5, 0.6) is 5.75 Å². The number of anilines is 1. The third kappa shape index (κ3) is 3.90. The zero-order valence-electron chi connectivity index (χ0n) is 14.9. The van der Waals surface area contributed by atoms with E-state index in [0.29, 0.717) is 17.0 Å². The van der Waals surface area contributed by atoms with Crippen LogP contribution in [-0.4, -0.2) is 51.0 Å². The van der Waals surface area contributed by atoms with Crippen molar-refractivity contribution in [2.75, 3.05) is 39.6 Å². The zero-order chi connectivity index (χ0) is 17.3. The molecule has 1 saturated heterocycles. The predicted octanol–water partition coefficient (Wildman–Crippen LogP) is 2.15. The maximum Gasteiger partial charge on any atom is 0.253 e. The number of halogens is 1. The van der Waals surface area contributed by atoms with E-state index in [-0.39, 0.29) is 35.6 Å². The number of piperidine rings is 1. The summed E-state index contributed by atoms with van der Waals surface area (Å²) in [4.78, 5) is 26.3. The maximum atomic E-state index is 12.6. The summed E-state index contributed by atoms with van der Waals surface area (Å²) in [6.07, 6.45) is 3.07. The van der Waals surface area contributed by atoms with Crippen LogP contribution >= 0.6 is 12.4 Å². The lowest BCUT2D eigenvalue weighted by Crippen LogP contribution is -2.31. The van der Waals surface area contributed by atoms with E-state index in [9.17, 15) is 9.59 Å². The number of carbonyl (C=O) groups excluding carboxylic acids is 2. The van der Waals surface area contributed by atoms with E-state index < -0.39 is 0 Å². The van der Waals surface area contributed by atoms with Crippen LogP contribution in [0.3, 0.4) is 0 Å². The van der Waals surface area contributed by atoms with Crippen LogP contribution in [0.4, 0.5) is 5.69 Å². The molecule has 2 N–H and O–H groups in total. The third-order valence-electron chi connectivity index (χ3n) is 5.22. The van der Waals surface area contributed by atoms with Crippen LogP contribution in [0.25, 0.3) is 0 Å². The Bertz CT molecular complexity index is 657. The van der Waals surface area contributed by atoms with Gasteiger partial charge in [-0.25, -0.2) is 0 Å². The van der Waals surface area contributed by atoms with Gasteiger partial charge in [0, 0.05) is 25.6 Å². The second-order valence-electron chi connectivity index (χ2n) is 6.97. The van der Waals surface area contributed by atoms with Crippen LogP contribution < -0.4 is 15.4 Å². The molecule has 0 aromatic heterocycles. The number of nitrogens with one attached hydrogen (secondary N) is 2. The highest BCUT2D eigenvalue weighted by Crippen LogP contribution is 2.58. The van der Waals surface area contributed by atoms with E-state index >= 15 is 0 Å². The normalized spacial score (nSPS) is 20.4. The highest BCUT2D eigenvalue weighted by molar-refractivity contribution is 5.99. The number of benzene rings is 1. The monoisotopic (exact) mass is 367 g/mol. The SMILES string of the molecule is COc1ccc(C(=O)N(C)C)cc1NC(=O)C1CC12CCNCC2.Cl. The van der Waals surface area contributed by atoms with E-state index in [4.69, 9.17) is 4.74 Å². The van der Waals surface area contributed by atoms with Crippen molar-refractivity contribution in [1.82, 2.24) is 10.2 Å². The fraction of sp³-hybridized carbons (Fsp3) is 0.556. The van der Waals surface area contributed by atoms with Gasteiger partial charge >= 0.3 is 0 Å². The minimum atomic E-state index is -0.102. The van der Waals surface area contributed by atoms with E-state index in [0.717, 1.165) is 32.4 Å². The van der Waals surface area contributed by atoms with Gasteiger partial charge in [-0.2, -0.15) is 0 Å². The zero-order valence-corrected chi connectivity index (χ0v) is 15.7. The van der Waals surface area contributed by atoms with Crippen molar-refractivity contribution in [2.45, 2.75) is 19.3 Å². The molecule has 1 spiro atoms. The molecule has 1 atom stereocenters. The first-order valence-electron chi connectivity index (χ1n) is 8.38. The molecule has 1 aliphatic heterocycles. The van der Waals surface area contributed by atoms with Crippen molar-refractivity contribution in [2.24, 2.45) is 11.3 Å². The lowest BCUT2D eigenvalue weighted by molar-refractivity contribution is -0.118. The number of methoxy groups -OCH3 is 1. The molecule has 2 aliphatic rings. The molecule has 0 radical (unpaired) electrons. The fourth-order valence-electron chi connectivity index (χ4n) is 3.61. The molecule has 0 bridgehead atoms. The van der Waals surface area contributed by atoms with Gasteiger partial charge in [0.2, 0.25) is 5.91 Å². The number of ether oxygens (including phenoxy) is 1. The summed E-state index contributed by atoms with van der Waals surface area (Å²) < 4.78 is 5.33. The second-order valence-corrected chi connectivity index (χ2v) is 6.97. The Kier molecular flexibility index (Phi) is 5.95. The van der Waals surface area contributed by atoms with Gasteiger partial charge in [0.15, 0.2) is 0 Å². The van der Waals surface area contributed by atoms with Crippen LogP contribution in [0.15, 0.2) is 18.2 Å². The molecule has 7 heteroatoms. The van der Waals surface area contributed by atoms with Crippen molar-refractivity contribution >= 4 is 29.9 Å². The molecule has 138 valence electrons. The standard InChI is InChI=1S/C18H25N3O3.ClH/c1-21(2)17(23)12-4-5-15(24-3)14(10-12)20-16(22)13-11-18(13)6-8-19-9-7-18;/h4-5,10,13,19H,6-9,11H2,1-3H3,(H,20,22);1H. The summed E-state index contributed by atoms with van der Waals surface area (Å²) in [5.74, 6) is 0.565. The average molecular weight is 368 g/mol. The quantitative estimate of drug-likeness (QED) is 0.855. The topological polar surface area (TPSA) is 70.7 Å². The molecule has 1 saturated carbocycles. The van der Waals surface area contributed by atoms with Crippen molar-refractivity contribution in [3.63, 3.8) is 0 Å². The van der Waals surface area contributed by atoms with Gasteiger partial charge in [0.25, 0.3) is 5.91 Å². The van der Waals surface area contributed by atoms with Crippen LogP contribution in [0.1, 0.15) is 29.6 Å². The van der Waals surface area contributed by atoms with Crippen molar-refractivity contribution in [3.8, 4) is 5.75 Å². The number of rotatable bonds is 4. The van der Waals surface area contributed by atoms with Gasteiger partial charge < -0.3 is 20.3 Å².